The molecule has 3 nitrogen and oxygen atoms in total. The van der Waals surface area contributed by atoms with Crippen molar-refractivity contribution in [1.29, 1.82) is 0 Å². The van der Waals surface area contributed by atoms with Gasteiger partial charge < -0.3 is 10.5 Å². The molecule has 0 saturated carbocycles. The van der Waals surface area contributed by atoms with Crippen molar-refractivity contribution in [2.75, 3.05) is 31.7 Å². The molecule has 1 saturated heterocycles. The van der Waals surface area contributed by atoms with Crippen LogP contribution in [0.5, 0.6) is 5.75 Å². The van der Waals surface area contributed by atoms with E-state index in [9.17, 15) is 0 Å². The third kappa shape index (κ3) is 3.30. The summed E-state index contributed by atoms with van der Waals surface area (Å²) in [6.07, 6.45) is 0. The topological polar surface area (TPSA) is 38.5 Å². The molecule has 2 N–H and O–H groups in total. The Bertz CT molecular complexity index is 384. The number of methoxy groups -OCH3 is 1. The molecule has 1 aliphatic rings. The second-order valence-electron chi connectivity index (χ2n) is 4.48. The number of nitrogen functional groups attached to an aromatic ring is 1. The lowest BCUT2D eigenvalue weighted by atomic mass is 10.1. The van der Waals surface area contributed by atoms with Crippen molar-refractivity contribution in [1.82, 2.24) is 4.90 Å². The number of thioether (sulfide) groups is 1. The van der Waals surface area contributed by atoms with Crippen molar-refractivity contribution in [3.05, 3.63) is 23.8 Å². The van der Waals surface area contributed by atoms with Crippen LogP contribution < -0.4 is 10.5 Å². The second kappa shape index (κ2) is 5.65. The van der Waals surface area contributed by atoms with Gasteiger partial charge in [-0.1, -0.05) is 6.92 Å². The Kier molecular flexibility index (Phi) is 4.18. The highest BCUT2D eigenvalue weighted by Gasteiger charge is 2.17. The van der Waals surface area contributed by atoms with Gasteiger partial charge in [0.2, 0.25) is 0 Å². The van der Waals surface area contributed by atoms with Crippen molar-refractivity contribution in [3.63, 3.8) is 0 Å². The number of benzene rings is 1. The van der Waals surface area contributed by atoms with Gasteiger partial charge in [-0.25, -0.2) is 0 Å². The summed E-state index contributed by atoms with van der Waals surface area (Å²) in [5.41, 5.74) is 8.04. The fourth-order valence-electron chi connectivity index (χ4n) is 2.12. The van der Waals surface area contributed by atoms with E-state index in [1.807, 2.05) is 30.0 Å². The highest BCUT2D eigenvalue weighted by molar-refractivity contribution is 7.99. The maximum Gasteiger partial charge on any atom is 0.119 e. The molecular weight excluding hydrogens is 232 g/mol. The average Bonchev–Trinajstić information content (AvgIpc) is 2.32. The van der Waals surface area contributed by atoms with Crippen molar-refractivity contribution in [3.8, 4) is 5.75 Å². The average molecular weight is 252 g/mol. The minimum absolute atomic E-state index is 0.718. The number of anilines is 1. The number of hydrogen-bond acceptors (Lipinski definition) is 4. The molecule has 1 aliphatic heterocycles. The number of rotatable bonds is 3. The SMILES string of the molecule is COc1ccc(N)c(CN2CCSC(C)C2)c1. The Hall–Kier alpha value is -0.870. The zero-order valence-electron chi connectivity index (χ0n) is 10.5. The first-order valence-corrected chi connectivity index (χ1v) is 7.00. The Balaban J connectivity index is 2.06. The van der Waals surface area contributed by atoms with E-state index in [2.05, 4.69) is 11.8 Å². The molecule has 0 bridgehead atoms. The molecule has 0 amide bonds. The van der Waals surface area contributed by atoms with Crippen LogP contribution in [0.25, 0.3) is 0 Å². The molecule has 0 radical (unpaired) electrons. The van der Waals surface area contributed by atoms with Gasteiger partial charge in [-0.15, -0.1) is 0 Å². The number of ether oxygens (including phenoxy) is 1. The van der Waals surface area contributed by atoms with E-state index in [-0.39, 0.29) is 0 Å². The molecule has 1 unspecified atom stereocenters. The molecule has 4 heteroatoms. The molecule has 1 heterocycles. The fourth-order valence-corrected chi connectivity index (χ4v) is 3.20. The fraction of sp³-hybridized carbons (Fsp3) is 0.538. The van der Waals surface area contributed by atoms with Crippen molar-refractivity contribution >= 4 is 17.4 Å². The molecule has 17 heavy (non-hydrogen) atoms. The van der Waals surface area contributed by atoms with Gasteiger partial charge in [-0.05, 0) is 23.8 Å². The minimum Gasteiger partial charge on any atom is -0.497 e. The van der Waals surface area contributed by atoms with Crippen LogP contribution in [0.3, 0.4) is 0 Å². The van der Waals surface area contributed by atoms with Gasteiger partial charge in [0.1, 0.15) is 5.75 Å². The predicted octanol–water partition coefficient (Wildman–Crippen LogP) is 2.21. The highest BCUT2D eigenvalue weighted by atomic mass is 32.2. The first kappa shape index (κ1) is 12.6. The summed E-state index contributed by atoms with van der Waals surface area (Å²) < 4.78 is 5.24. The van der Waals surface area contributed by atoms with Crippen LogP contribution in [0.1, 0.15) is 12.5 Å². The first-order chi connectivity index (χ1) is 8.19. The number of nitrogens with zero attached hydrogens (tertiary/aromatic N) is 1. The number of hydrogen-bond donors (Lipinski definition) is 1. The van der Waals surface area contributed by atoms with Crippen LogP contribution in [0.4, 0.5) is 5.69 Å². The van der Waals surface area contributed by atoms with E-state index in [4.69, 9.17) is 10.5 Å². The standard InChI is InChI=1S/C13H20N2OS/c1-10-8-15(5-6-17-10)9-11-7-12(16-2)3-4-13(11)14/h3-4,7,10H,5-6,8-9,14H2,1-2H3. The molecular formula is C13H20N2OS. The Morgan fingerprint density at radius 2 is 2.35 bits per heavy atom. The molecule has 1 fully saturated rings. The zero-order valence-corrected chi connectivity index (χ0v) is 11.3. The van der Waals surface area contributed by atoms with Gasteiger partial charge in [0.15, 0.2) is 0 Å². The summed E-state index contributed by atoms with van der Waals surface area (Å²) in [6, 6.07) is 5.88. The predicted molar refractivity (Wildman–Crippen MR) is 74.6 cm³/mol. The molecule has 0 aliphatic carbocycles. The van der Waals surface area contributed by atoms with Crippen LogP contribution in [0.15, 0.2) is 18.2 Å². The molecule has 1 aromatic carbocycles. The monoisotopic (exact) mass is 252 g/mol. The van der Waals surface area contributed by atoms with E-state index in [0.29, 0.717) is 0 Å². The van der Waals surface area contributed by atoms with E-state index in [0.717, 1.165) is 36.3 Å². The largest absolute Gasteiger partial charge is 0.497 e. The van der Waals surface area contributed by atoms with Crippen LogP contribution in [0.2, 0.25) is 0 Å². The summed E-state index contributed by atoms with van der Waals surface area (Å²) >= 11 is 2.05. The molecule has 1 aromatic rings. The maximum absolute atomic E-state index is 6.01. The summed E-state index contributed by atoms with van der Waals surface area (Å²) in [4.78, 5) is 2.46. The van der Waals surface area contributed by atoms with Gasteiger partial charge in [0.25, 0.3) is 0 Å². The molecule has 0 spiro atoms. The van der Waals surface area contributed by atoms with Crippen LogP contribution in [-0.2, 0) is 6.54 Å². The van der Waals surface area contributed by atoms with E-state index in [1.54, 1.807) is 7.11 Å². The summed E-state index contributed by atoms with van der Waals surface area (Å²) in [5, 5.41) is 0.718. The van der Waals surface area contributed by atoms with Crippen molar-refractivity contribution < 1.29 is 4.74 Å². The first-order valence-electron chi connectivity index (χ1n) is 5.95. The lowest BCUT2D eigenvalue weighted by Gasteiger charge is -2.30. The molecule has 94 valence electrons. The Labute approximate surface area is 107 Å². The quantitative estimate of drug-likeness (QED) is 0.837. The number of nitrogens with two attached hydrogens (primary N) is 1. The van der Waals surface area contributed by atoms with Gasteiger partial charge in [0.05, 0.1) is 7.11 Å². The van der Waals surface area contributed by atoms with Gasteiger partial charge in [-0.3, -0.25) is 4.90 Å². The highest BCUT2D eigenvalue weighted by Crippen LogP contribution is 2.24. The molecule has 1 atom stereocenters. The van der Waals surface area contributed by atoms with Crippen molar-refractivity contribution in [2.45, 2.75) is 18.7 Å². The molecule has 0 aromatic heterocycles. The van der Waals surface area contributed by atoms with Gasteiger partial charge >= 0.3 is 0 Å². The normalized spacial score (nSPS) is 21.4. The van der Waals surface area contributed by atoms with Crippen molar-refractivity contribution in [2.24, 2.45) is 0 Å². The van der Waals surface area contributed by atoms with E-state index in [1.165, 1.54) is 11.3 Å². The summed E-state index contributed by atoms with van der Waals surface area (Å²) in [6.45, 7) is 5.49. The van der Waals surface area contributed by atoms with Crippen LogP contribution >= 0.6 is 11.8 Å². The third-order valence-corrected chi connectivity index (χ3v) is 4.21. The summed E-state index contributed by atoms with van der Waals surface area (Å²) in [5.74, 6) is 2.10. The minimum atomic E-state index is 0.718. The van der Waals surface area contributed by atoms with Crippen LogP contribution in [-0.4, -0.2) is 36.1 Å². The van der Waals surface area contributed by atoms with E-state index >= 15 is 0 Å². The lowest BCUT2D eigenvalue weighted by Crippen LogP contribution is -2.36. The van der Waals surface area contributed by atoms with Crippen LogP contribution in [0, 0.1) is 0 Å². The third-order valence-electron chi connectivity index (χ3n) is 3.07. The van der Waals surface area contributed by atoms with E-state index < -0.39 is 0 Å². The Morgan fingerprint density at radius 3 is 3.06 bits per heavy atom. The molecule has 2 rings (SSSR count). The maximum atomic E-state index is 6.01. The zero-order chi connectivity index (χ0) is 12.3. The lowest BCUT2D eigenvalue weighted by molar-refractivity contribution is 0.278. The van der Waals surface area contributed by atoms with Gasteiger partial charge in [-0.2, -0.15) is 11.8 Å². The van der Waals surface area contributed by atoms with Gasteiger partial charge in [0, 0.05) is 36.3 Å². The Morgan fingerprint density at radius 1 is 1.53 bits per heavy atom. The second-order valence-corrected chi connectivity index (χ2v) is 6.03. The smallest absolute Gasteiger partial charge is 0.119 e. The summed E-state index contributed by atoms with van der Waals surface area (Å²) in [7, 11) is 1.69.